The number of nitrogens with zero attached hydrogens (tertiary/aromatic N) is 1. The smallest absolute Gasteiger partial charge is 0.237 e. The third-order valence-corrected chi connectivity index (χ3v) is 4.31. The molecule has 114 valence electrons. The fourth-order valence-corrected chi connectivity index (χ4v) is 2.85. The summed E-state index contributed by atoms with van der Waals surface area (Å²) in [6.45, 7) is 4.69. The Labute approximate surface area is 132 Å². The van der Waals surface area contributed by atoms with Gasteiger partial charge in [-0.15, -0.1) is 0 Å². The zero-order chi connectivity index (χ0) is 15.4. The normalized spacial score (nSPS) is 17.7. The van der Waals surface area contributed by atoms with Gasteiger partial charge in [-0.3, -0.25) is 9.69 Å². The quantitative estimate of drug-likeness (QED) is 0.802. The first-order valence-corrected chi connectivity index (χ1v) is 7.94. The van der Waals surface area contributed by atoms with Gasteiger partial charge in [-0.2, -0.15) is 0 Å². The van der Waals surface area contributed by atoms with Gasteiger partial charge in [-0.1, -0.05) is 61.5 Å². The lowest BCUT2D eigenvalue weighted by Crippen LogP contribution is -2.40. The van der Waals surface area contributed by atoms with Gasteiger partial charge in [0.15, 0.2) is 0 Å². The zero-order valence-electron chi connectivity index (χ0n) is 13.0. The van der Waals surface area contributed by atoms with Crippen LogP contribution in [0, 0.1) is 0 Å². The number of likely N-dealkylation sites (N-methyl/N-ethyl adjacent to an activating group) is 1. The van der Waals surface area contributed by atoms with Crippen LogP contribution in [0.2, 0.25) is 0 Å². The molecule has 1 N–H and O–H groups in total. The molecule has 3 nitrogen and oxygen atoms in total. The second kappa shape index (κ2) is 6.75. The summed E-state index contributed by atoms with van der Waals surface area (Å²) in [5, 5.41) is 2.89. The van der Waals surface area contributed by atoms with Crippen LogP contribution in [0.3, 0.4) is 0 Å². The Kier molecular flexibility index (Phi) is 4.54. The minimum atomic E-state index is 0.0604. The monoisotopic (exact) mass is 294 g/mol. The molecule has 4 rings (SSSR count). The van der Waals surface area contributed by atoms with Gasteiger partial charge in [0, 0.05) is 13.1 Å². The maximum atomic E-state index is 11.6. The number of carbonyl (C=O) groups excluding carboxylic acids is 1. The average molecular weight is 294 g/mol. The SMILES string of the molecule is CCN(Cc1ccccc1)C1CCNC1=O.c1cc2ccc1-2. The summed E-state index contributed by atoms with van der Waals surface area (Å²) in [6, 6.07) is 18.9. The van der Waals surface area contributed by atoms with Gasteiger partial charge in [0.25, 0.3) is 0 Å². The van der Waals surface area contributed by atoms with Crippen LogP contribution in [0.5, 0.6) is 0 Å². The molecule has 0 saturated carbocycles. The topological polar surface area (TPSA) is 32.3 Å². The Hall–Kier alpha value is -2.13. The lowest BCUT2D eigenvalue weighted by Gasteiger charge is -2.25. The number of fused-ring (bicyclic) bond motifs is 1. The minimum Gasteiger partial charge on any atom is -0.355 e. The third kappa shape index (κ3) is 3.20. The van der Waals surface area contributed by atoms with E-state index in [9.17, 15) is 4.79 Å². The van der Waals surface area contributed by atoms with Gasteiger partial charge >= 0.3 is 0 Å². The predicted octanol–water partition coefficient (Wildman–Crippen LogP) is 3.06. The Balaban J connectivity index is 0.000000196. The van der Waals surface area contributed by atoms with Gasteiger partial charge in [-0.25, -0.2) is 0 Å². The Bertz CT molecular complexity index is 601. The van der Waals surface area contributed by atoms with Gasteiger partial charge in [0.2, 0.25) is 5.91 Å². The van der Waals surface area contributed by atoms with Gasteiger partial charge in [0.1, 0.15) is 0 Å². The number of rotatable bonds is 4. The molecule has 0 bridgehead atoms. The lowest BCUT2D eigenvalue weighted by molar-refractivity contribution is -0.123. The molecular weight excluding hydrogens is 272 g/mol. The Morgan fingerprint density at radius 2 is 1.68 bits per heavy atom. The summed E-state index contributed by atoms with van der Waals surface area (Å²) in [5.41, 5.74) is 4.12. The number of hydrogen-bond acceptors (Lipinski definition) is 2. The highest BCUT2D eigenvalue weighted by Crippen LogP contribution is 2.29. The van der Waals surface area contributed by atoms with Crippen LogP contribution in [-0.2, 0) is 11.3 Å². The van der Waals surface area contributed by atoms with Crippen LogP contribution < -0.4 is 5.32 Å². The molecule has 1 atom stereocenters. The molecule has 1 aromatic rings. The van der Waals surface area contributed by atoms with Crippen LogP contribution in [-0.4, -0.2) is 29.9 Å². The van der Waals surface area contributed by atoms with Crippen molar-refractivity contribution in [3.8, 4) is 11.1 Å². The summed E-state index contributed by atoms with van der Waals surface area (Å²) >= 11 is 0. The van der Waals surface area contributed by atoms with E-state index < -0.39 is 0 Å². The van der Waals surface area contributed by atoms with E-state index in [1.54, 1.807) is 0 Å². The van der Waals surface area contributed by atoms with E-state index in [-0.39, 0.29) is 11.9 Å². The van der Waals surface area contributed by atoms with E-state index in [1.165, 1.54) is 16.7 Å². The first kappa shape index (κ1) is 14.8. The van der Waals surface area contributed by atoms with E-state index in [0.29, 0.717) is 0 Å². The maximum absolute atomic E-state index is 11.6. The fraction of sp³-hybridized carbons (Fsp3) is 0.316. The molecule has 0 aromatic heterocycles. The summed E-state index contributed by atoms with van der Waals surface area (Å²) in [6.07, 6.45) is 0.930. The molecule has 1 fully saturated rings. The van der Waals surface area contributed by atoms with E-state index in [2.05, 4.69) is 53.5 Å². The van der Waals surface area contributed by atoms with Crippen LogP contribution in [0.25, 0.3) is 11.1 Å². The van der Waals surface area contributed by atoms with E-state index in [1.807, 2.05) is 18.2 Å². The highest BCUT2D eigenvalue weighted by atomic mass is 16.2. The van der Waals surface area contributed by atoms with E-state index >= 15 is 0 Å². The van der Waals surface area contributed by atoms with Crippen molar-refractivity contribution in [1.29, 1.82) is 0 Å². The van der Waals surface area contributed by atoms with Crippen LogP contribution in [0.15, 0.2) is 54.6 Å². The minimum absolute atomic E-state index is 0.0604. The van der Waals surface area contributed by atoms with Crippen molar-refractivity contribution in [2.24, 2.45) is 0 Å². The molecule has 1 aromatic carbocycles. The lowest BCUT2D eigenvalue weighted by atomic mass is 9.95. The van der Waals surface area contributed by atoms with Crippen LogP contribution in [0.1, 0.15) is 18.9 Å². The highest BCUT2D eigenvalue weighted by molar-refractivity contribution is 5.83. The molecule has 3 heteroatoms. The number of benzene rings is 2. The van der Waals surface area contributed by atoms with Gasteiger partial charge < -0.3 is 5.32 Å². The first-order chi connectivity index (χ1) is 10.8. The van der Waals surface area contributed by atoms with Crippen molar-refractivity contribution >= 4 is 5.91 Å². The van der Waals surface area contributed by atoms with E-state index in [0.717, 1.165) is 26.1 Å². The molecule has 1 amide bonds. The molecule has 0 radical (unpaired) electrons. The second-order valence-electron chi connectivity index (χ2n) is 5.72. The van der Waals surface area contributed by atoms with Gasteiger partial charge in [0.05, 0.1) is 6.04 Å². The Morgan fingerprint density at radius 1 is 1.05 bits per heavy atom. The number of hydrogen-bond donors (Lipinski definition) is 1. The van der Waals surface area contributed by atoms with Crippen molar-refractivity contribution in [3.05, 3.63) is 60.2 Å². The average Bonchev–Trinajstić information content (AvgIpc) is 2.96. The van der Waals surface area contributed by atoms with E-state index in [4.69, 9.17) is 0 Å². The Morgan fingerprint density at radius 3 is 2.09 bits per heavy atom. The maximum Gasteiger partial charge on any atom is 0.237 e. The number of nitrogens with one attached hydrogen (secondary N) is 1. The second-order valence-corrected chi connectivity index (χ2v) is 5.72. The van der Waals surface area contributed by atoms with Gasteiger partial charge in [-0.05, 0) is 29.7 Å². The molecular formula is C19H22N2O. The molecule has 1 saturated heterocycles. The first-order valence-electron chi connectivity index (χ1n) is 7.94. The summed E-state index contributed by atoms with van der Waals surface area (Å²) < 4.78 is 0. The molecule has 3 aliphatic rings. The number of amides is 1. The fourth-order valence-electron chi connectivity index (χ4n) is 2.85. The van der Waals surface area contributed by atoms with Crippen molar-refractivity contribution in [1.82, 2.24) is 10.2 Å². The summed E-state index contributed by atoms with van der Waals surface area (Å²) in [7, 11) is 0. The predicted molar refractivity (Wildman–Crippen MR) is 89.4 cm³/mol. The number of carbonyl (C=O) groups is 1. The molecule has 22 heavy (non-hydrogen) atoms. The summed E-state index contributed by atoms with van der Waals surface area (Å²) in [5.74, 6) is 0.179. The largest absolute Gasteiger partial charge is 0.355 e. The van der Waals surface area contributed by atoms with Crippen molar-refractivity contribution < 1.29 is 4.79 Å². The van der Waals surface area contributed by atoms with Crippen molar-refractivity contribution in [3.63, 3.8) is 0 Å². The van der Waals surface area contributed by atoms with Crippen molar-refractivity contribution in [2.75, 3.05) is 13.1 Å². The van der Waals surface area contributed by atoms with Crippen molar-refractivity contribution in [2.45, 2.75) is 25.9 Å². The molecule has 1 heterocycles. The standard InChI is InChI=1S/C13H18N2O.C6H4/c1-2-15(12-8-9-14-13(12)16)10-11-6-4-3-5-7-11;1-2-6-4-3-5(1)6/h3-7,12H,2,8-10H2,1H3,(H,14,16);1-4H. The third-order valence-electron chi connectivity index (χ3n) is 4.31. The highest BCUT2D eigenvalue weighted by Gasteiger charge is 2.28. The molecule has 1 unspecified atom stereocenters. The molecule has 2 aliphatic carbocycles. The summed E-state index contributed by atoms with van der Waals surface area (Å²) in [4.78, 5) is 13.8. The van der Waals surface area contributed by atoms with Crippen LogP contribution >= 0.6 is 0 Å². The van der Waals surface area contributed by atoms with Crippen LogP contribution in [0.4, 0.5) is 0 Å². The molecule has 1 aliphatic heterocycles. The zero-order valence-corrected chi connectivity index (χ0v) is 13.0. The molecule has 0 spiro atoms.